The van der Waals surface area contributed by atoms with Crippen LogP contribution in [0.4, 0.5) is 0 Å². The molecule has 0 saturated carbocycles. The molecule has 6 nitrogen and oxygen atoms in total. The van der Waals surface area contributed by atoms with E-state index >= 15 is 0 Å². The second-order valence-corrected chi connectivity index (χ2v) is 10.6. The topological polar surface area (TPSA) is 70.1 Å². The number of hydrogen-bond acceptors (Lipinski definition) is 4. The Labute approximate surface area is 202 Å². The van der Waals surface area contributed by atoms with Crippen LogP contribution in [-0.2, 0) is 16.1 Å². The summed E-state index contributed by atoms with van der Waals surface area (Å²) >= 11 is 1.59. The van der Waals surface area contributed by atoms with E-state index in [1.54, 1.807) is 11.3 Å². The van der Waals surface area contributed by atoms with Gasteiger partial charge in [0, 0.05) is 52.4 Å². The molecule has 2 N–H and O–H groups in total. The van der Waals surface area contributed by atoms with E-state index in [4.69, 9.17) is 0 Å². The normalized spacial score (nSPS) is 18.2. The first-order valence-corrected chi connectivity index (χ1v) is 12.9. The van der Waals surface area contributed by atoms with Gasteiger partial charge in [-0.05, 0) is 63.2 Å². The largest absolute Gasteiger partial charge is 0.352 e. The summed E-state index contributed by atoms with van der Waals surface area (Å²) in [6.07, 6.45) is 6.28. The minimum Gasteiger partial charge on any atom is -0.352 e. The molecule has 0 aliphatic carbocycles. The van der Waals surface area contributed by atoms with E-state index in [0.29, 0.717) is 23.1 Å². The molecule has 1 saturated heterocycles. The predicted octanol–water partition coefficient (Wildman–Crippen LogP) is 4.87. The Bertz CT molecular complexity index is 1450. The third-order valence-electron chi connectivity index (χ3n) is 7.40. The average molecular weight is 473 g/mol. The van der Waals surface area contributed by atoms with Gasteiger partial charge < -0.3 is 14.5 Å². The number of nitrogens with zero attached hydrogens (tertiary/aromatic N) is 2. The summed E-state index contributed by atoms with van der Waals surface area (Å²) in [5, 5.41) is 6.54. The minimum atomic E-state index is -0.329. The van der Waals surface area contributed by atoms with E-state index in [1.165, 1.54) is 12.8 Å². The number of fused-ring (bicyclic) bond motifs is 2. The first-order chi connectivity index (χ1) is 16.5. The number of carbonyl (C=O) groups excluding carboxylic acids is 2. The molecule has 34 heavy (non-hydrogen) atoms. The number of imide groups is 1. The summed E-state index contributed by atoms with van der Waals surface area (Å²) in [4.78, 5) is 32.9. The fourth-order valence-corrected chi connectivity index (χ4v) is 6.32. The zero-order chi connectivity index (χ0) is 23.4. The highest BCUT2D eigenvalue weighted by molar-refractivity contribution is 7.16. The summed E-state index contributed by atoms with van der Waals surface area (Å²) in [6, 6.07) is 10.8. The number of benzene rings is 1. The van der Waals surface area contributed by atoms with E-state index in [-0.39, 0.29) is 11.8 Å². The van der Waals surface area contributed by atoms with Crippen LogP contribution < -0.4 is 5.32 Å². The van der Waals surface area contributed by atoms with Gasteiger partial charge in [0.25, 0.3) is 11.8 Å². The molecule has 7 heteroatoms. The maximum atomic E-state index is 13.1. The Hall–Kier alpha value is -3.16. The van der Waals surface area contributed by atoms with Crippen molar-refractivity contribution in [2.75, 3.05) is 13.1 Å². The standard InChI is InChI=1S/C27H28N4O2S/c1-16(2)30-10-7-17(8-11-30)14-31-15-21(18-5-3-4-6-22(18)31)24-23(25(32)29-26(24)33)20-13-28-27-19(20)9-12-34-27/h3-6,9,12-13,15-17,28H,7-8,10-11,14H2,1-2H3,(H,29,32,33). The lowest BCUT2D eigenvalue weighted by molar-refractivity contribution is -0.122. The van der Waals surface area contributed by atoms with Crippen LogP contribution in [0.5, 0.6) is 0 Å². The molecule has 2 aliphatic rings. The van der Waals surface area contributed by atoms with Crippen LogP contribution in [-0.4, -0.2) is 45.4 Å². The van der Waals surface area contributed by atoms with Crippen molar-refractivity contribution in [3.8, 4) is 0 Å². The number of para-hydroxylation sites is 1. The quantitative estimate of drug-likeness (QED) is 0.407. The van der Waals surface area contributed by atoms with Crippen LogP contribution >= 0.6 is 11.3 Å². The number of rotatable bonds is 5. The van der Waals surface area contributed by atoms with E-state index in [2.05, 4.69) is 51.9 Å². The number of aromatic amines is 1. The third kappa shape index (κ3) is 3.42. The van der Waals surface area contributed by atoms with Crippen LogP contribution in [0, 0.1) is 5.92 Å². The number of amides is 2. The Morgan fingerprint density at radius 2 is 1.74 bits per heavy atom. The van der Waals surface area contributed by atoms with Gasteiger partial charge in [0.15, 0.2) is 0 Å². The molecule has 1 fully saturated rings. The van der Waals surface area contributed by atoms with Crippen molar-refractivity contribution >= 4 is 55.4 Å². The van der Waals surface area contributed by atoms with Gasteiger partial charge in [0.2, 0.25) is 0 Å². The molecule has 0 spiro atoms. The lowest BCUT2D eigenvalue weighted by Crippen LogP contribution is -2.39. The van der Waals surface area contributed by atoms with Crippen molar-refractivity contribution in [1.29, 1.82) is 0 Å². The third-order valence-corrected chi connectivity index (χ3v) is 8.24. The van der Waals surface area contributed by atoms with Crippen LogP contribution in [0.25, 0.3) is 32.3 Å². The Morgan fingerprint density at radius 1 is 1.00 bits per heavy atom. The monoisotopic (exact) mass is 472 g/mol. The number of hydrogen-bond donors (Lipinski definition) is 2. The van der Waals surface area contributed by atoms with E-state index in [0.717, 1.165) is 51.9 Å². The average Bonchev–Trinajstić information content (AvgIpc) is 3.58. The van der Waals surface area contributed by atoms with Crippen LogP contribution in [0.15, 0.2) is 48.1 Å². The summed E-state index contributed by atoms with van der Waals surface area (Å²) < 4.78 is 2.29. The molecular weight excluding hydrogens is 444 g/mol. The van der Waals surface area contributed by atoms with Crippen molar-refractivity contribution in [2.45, 2.75) is 39.3 Å². The molecule has 4 aromatic rings. The fourth-order valence-electron chi connectivity index (χ4n) is 5.55. The molecule has 174 valence electrons. The lowest BCUT2D eigenvalue weighted by atomic mass is 9.96. The van der Waals surface area contributed by atoms with Crippen LogP contribution in [0.2, 0.25) is 0 Å². The van der Waals surface area contributed by atoms with Gasteiger partial charge in [-0.15, -0.1) is 11.3 Å². The minimum absolute atomic E-state index is 0.322. The van der Waals surface area contributed by atoms with Gasteiger partial charge in [-0.1, -0.05) is 18.2 Å². The molecule has 0 radical (unpaired) electrons. The highest BCUT2D eigenvalue weighted by Gasteiger charge is 2.35. The second-order valence-electron chi connectivity index (χ2n) is 9.68. The molecule has 6 rings (SSSR count). The summed E-state index contributed by atoms with van der Waals surface area (Å²) in [5.41, 5.74) is 3.66. The van der Waals surface area contributed by atoms with Crippen molar-refractivity contribution in [3.63, 3.8) is 0 Å². The molecule has 2 aliphatic heterocycles. The first-order valence-electron chi connectivity index (χ1n) is 12.0. The van der Waals surface area contributed by atoms with E-state index in [9.17, 15) is 9.59 Å². The van der Waals surface area contributed by atoms with Crippen molar-refractivity contribution < 1.29 is 9.59 Å². The number of H-pyrrole nitrogens is 1. The molecule has 3 aromatic heterocycles. The summed E-state index contributed by atoms with van der Waals surface area (Å²) in [6.45, 7) is 7.71. The highest BCUT2D eigenvalue weighted by atomic mass is 32.1. The molecule has 0 bridgehead atoms. The van der Waals surface area contributed by atoms with Gasteiger partial charge in [-0.25, -0.2) is 0 Å². The summed E-state index contributed by atoms with van der Waals surface area (Å²) in [7, 11) is 0. The Balaban J connectivity index is 1.44. The Morgan fingerprint density at radius 3 is 2.50 bits per heavy atom. The van der Waals surface area contributed by atoms with Crippen molar-refractivity contribution in [3.05, 3.63) is 59.2 Å². The predicted molar refractivity (Wildman–Crippen MR) is 138 cm³/mol. The summed E-state index contributed by atoms with van der Waals surface area (Å²) in [5.74, 6) is -0.0519. The molecule has 2 amide bonds. The lowest BCUT2D eigenvalue weighted by Gasteiger charge is -2.34. The number of nitrogens with one attached hydrogen (secondary N) is 2. The second kappa shape index (κ2) is 8.25. The number of piperidine rings is 1. The highest BCUT2D eigenvalue weighted by Crippen LogP contribution is 2.39. The van der Waals surface area contributed by atoms with E-state index in [1.807, 2.05) is 29.8 Å². The van der Waals surface area contributed by atoms with Crippen LogP contribution in [0.3, 0.4) is 0 Å². The fraction of sp³-hybridized carbons (Fsp3) is 0.333. The van der Waals surface area contributed by atoms with Crippen LogP contribution in [0.1, 0.15) is 37.8 Å². The van der Waals surface area contributed by atoms with Gasteiger partial charge in [-0.3, -0.25) is 14.9 Å². The first kappa shape index (κ1) is 21.4. The molecule has 5 heterocycles. The zero-order valence-corrected chi connectivity index (χ0v) is 20.2. The van der Waals surface area contributed by atoms with Crippen molar-refractivity contribution in [1.82, 2.24) is 19.8 Å². The maximum absolute atomic E-state index is 13.1. The Kier molecular flexibility index (Phi) is 5.19. The number of aromatic nitrogens is 2. The molecular formula is C27H28N4O2S. The van der Waals surface area contributed by atoms with E-state index < -0.39 is 0 Å². The number of likely N-dealkylation sites (tertiary alicyclic amines) is 1. The van der Waals surface area contributed by atoms with Crippen molar-refractivity contribution in [2.24, 2.45) is 5.92 Å². The van der Waals surface area contributed by atoms with Gasteiger partial charge in [-0.2, -0.15) is 0 Å². The zero-order valence-electron chi connectivity index (χ0n) is 19.4. The molecule has 0 atom stereocenters. The molecule has 1 aromatic carbocycles. The van der Waals surface area contributed by atoms with Gasteiger partial charge in [0.05, 0.1) is 11.1 Å². The smallest absolute Gasteiger partial charge is 0.259 e. The maximum Gasteiger partial charge on any atom is 0.259 e. The van der Waals surface area contributed by atoms with Gasteiger partial charge in [0.1, 0.15) is 4.83 Å². The number of carbonyl (C=O) groups is 2. The SMILES string of the molecule is CC(C)N1CCC(Cn2cc(C3=C(c4c[nH]c5sccc45)C(=O)NC3=O)c3ccccc32)CC1. The molecule has 0 unspecified atom stereocenters. The van der Waals surface area contributed by atoms with Gasteiger partial charge >= 0.3 is 0 Å². The number of thiophene rings is 1.